The van der Waals surface area contributed by atoms with Gasteiger partial charge in [-0.1, -0.05) is 344 Å². The third kappa shape index (κ3) is 79.6. The molecule has 0 saturated carbocycles. The van der Waals surface area contributed by atoms with Gasteiger partial charge in [-0.3, -0.25) is 9.59 Å². The van der Waals surface area contributed by atoms with Gasteiger partial charge in [0.05, 0.1) is 34.4 Å². The SMILES string of the molecule is CC/C=C\C/C=C\C/C=C\C/C=C\C/C=C\C/C=C\C/C=C\C/C=C\C/C=C\C/C=C\C/C=C\CCCCCCCCCC(=O)OC(COC(=O)CCCCCCCCCCCCCCCCCCCCCC/C=C\C/C=C\C/C=C\C/C=C\CC)COC(OCC[N+](C)(C)C)C(=O)O. The first-order valence-corrected chi connectivity index (χ1v) is 39.9. The van der Waals surface area contributed by atoms with Gasteiger partial charge in [-0.05, 0) is 135 Å². The topological polar surface area (TPSA) is 108 Å². The van der Waals surface area contributed by atoms with E-state index in [-0.39, 0.29) is 32.2 Å². The molecule has 560 valence electrons. The number of quaternary nitrogens is 1. The first-order chi connectivity index (χ1) is 48.6. The molecule has 0 aromatic carbocycles. The maximum atomic E-state index is 13.0. The zero-order valence-corrected chi connectivity index (χ0v) is 64.1. The number of nitrogens with zero attached hydrogens (tertiary/aromatic N) is 1. The summed E-state index contributed by atoms with van der Waals surface area (Å²) in [5.74, 6) is -2.02. The molecule has 0 aromatic heterocycles. The Balaban J connectivity index is 4.12. The van der Waals surface area contributed by atoms with Crippen molar-refractivity contribution >= 4 is 17.9 Å². The summed E-state index contributed by atoms with van der Waals surface area (Å²) >= 11 is 0. The summed E-state index contributed by atoms with van der Waals surface area (Å²) in [6.45, 7) is 4.65. The molecule has 1 N–H and O–H groups in total. The predicted molar refractivity (Wildman–Crippen MR) is 428 cm³/mol. The number of carboxylic acid groups (broad SMARTS) is 1. The van der Waals surface area contributed by atoms with Crippen molar-refractivity contribution in [3.63, 3.8) is 0 Å². The van der Waals surface area contributed by atoms with E-state index in [0.717, 1.165) is 141 Å². The minimum absolute atomic E-state index is 0.178. The van der Waals surface area contributed by atoms with Crippen LogP contribution in [0.2, 0.25) is 0 Å². The lowest BCUT2D eigenvalue weighted by atomic mass is 10.0. The summed E-state index contributed by atoms with van der Waals surface area (Å²) in [5.41, 5.74) is 0. The molecular weight excluding hydrogens is 1220 g/mol. The monoisotopic (exact) mass is 1370 g/mol. The van der Waals surface area contributed by atoms with Gasteiger partial charge in [0.2, 0.25) is 0 Å². The number of carboxylic acids is 1. The van der Waals surface area contributed by atoms with Crippen molar-refractivity contribution < 1.29 is 42.9 Å². The molecule has 0 saturated heterocycles. The van der Waals surface area contributed by atoms with Crippen LogP contribution in [0, 0.1) is 0 Å². The van der Waals surface area contributed by atoms with E-state index in [9.17, 15) is 19.5 Å². The summed E-state index contributed by atoms with van der Waals surface area (Å²) in [6, 6.07) is 0. The average Bonchev–Trinajstić information content (AvgIpc) is 2.62. The maximum absolute atomic E-state index is 13.0. The van der Waals surface area contributed by atoms with E-state index >= 15 is 0 Å². The number of rotatable bonds is 72. The van der Waals surface area contributed by atoms with Crippen molar-refractivity contribution in [1.29, 1.82) is 0 Å². The number of likely N-dealkylation sites (N-methyl/N-ethyl adjacent to an activating group) is 1. The Labute approximate surface area is 609 Å². The van der Waals surface area contributed by atoms with Crippen LogP contribution in [-0.2, 0) is 33.3 Å². The quantitative estimate of drug-likeness (QED) is 0.0211. The van der Waals surface area contributed by atoms with Crippen molar-refractivity contribution in [3.8, 4) is 0 Å². The van der Waals surface area contributed by atoms with Crippen LogP contribution < -0.4 is 0 Å². The zero-order valence-electron chi connectivity index (χ0n) is 64.1. The molecule has 99 heavy (non-hydrogen) atoms. The number of hydrogen-bond acceptors (Lipinski definition) is 7. The third-order valence-corrected chi connectivity index (χ3v) is 16.7. The minimum atomic E-state index is -1.52. The van der Waals surface area contributed by atoms with Gasteiger partial charge < -0.3 is 28.5 Å². The van der Waals surface area contributed by atoms with Gasteiger partial charge in [0.25, 0.3) is 6.29 Å². The van der Waals surface area contributed by atoms with Crippen molar-refractivity contribution in [3.05, 3.63) is 182 Å². The lowest BCUT2D eigenvalue weighted by molar-refractivity contribution is -0.870. The van der Waals surface area contributed by atoms with Crippen molar-refractivity contribution in [2.75, 3.05) is 47.5 Å². The van der Waals surface area contributed by atoms with Crippen LogP contribution in [0.4, 0.5) is 0 Å². The molecule has 0 rings (SSSR count). The fourth-order valence-electron chi connectivity index (χ4n) is 10.7. The van der Waals surface area contributed by atoms with E-state index in [2.05, 4.69) is 196 Å². The van der Waals surface area contributed by atoms with Gasteiger partial charge in [-0.25, -0.2) is 4.79 Å². The van der Waals surface area contributed by atoms with Crippen molar-refractivity contribution in [1.82, 2.24) is 0 Å². The van der Waals surface area contributed by atoms with Gasteiger partial charge in [0.1, 0.15) is 13.2 Å². The zero-order chi connectivity index (χ0) is 71.8. The molecule has 0 radical (unpaired) electrons. The highest BCUT2D eigenvalue weighted by molar-refractivity contribution is 5.71. The van der Waals surface area contributed by atoms with Gasteiger partial charge >= 0.3 is 17.9 Å². The molecule has 0 aliphatic rings. The predicted octanol–water partition coefficient (Wildman–Crippen LogP) is 25.9. The Kier molecular flexibility index (Phi) is 73.7. The summed E-state index contributed by atoms with van der Waals surface area (Å²) in [4.78, 5) is 37.7. The van der Waals surface area contributed by atoms with Gasteiger partial charge in [-0.2, -0.15) is 0 Å². The molecule has 0 amide bonds. The van der Waals surface area contributed by atoms with Gasteiger partial charge in [0.15, 0.2) is 6.10 Å². The number of allylic oxidation sites excluding steroid dienone is 30. The van der Waals surface area contributed by atoms with E-state index in [1.54, 1.807) is 0 Å². The number of carbonyl (C=O) groups is 3. The largest absolute Gasteiger partial charge is 0.477 e. The molecular formula is C90H148NO8+. The first kappa shape index (κ1) is 93.4. The van der Waals surface area contributed by atoms with Crippen LogP contribution in [0.3, 0.4) is 0 Å². The van der Waals surface area contributed by atoms with E-state index in [4.69, 9.17) is 18.9 Å². The number of aliphatic carboxylic acids is 1. The standard InChI is InChI=1S/C90H147NO8/c1-6-8-10-12-14-16-18-20-22-24-26-28-30-32-34-36-38-40-41-42-43-44-45-46-47-49-51-53-55-57-59-61-63-65-67-69-71-73-75-77-79-81-88(93)99-86(85-98-90(89(94)95)96-83-82-91(3,4)5)84-97-87(92)80-78-76-74-72-70-68-66-64-62-60-58-56-54-52-50-48-39-37-35-33-31-29-27-25-23-21-19-17-15-13-11-9-7-2/h8-11,14-17,20-23,26-29,32,34,38,40,42-43,45-46,49,51,55,57,61,63,86,90H,6-7,12-13,18-19,24-25,30-31,33,35-37,39,41,44,47-48,50,52-54,56,58-60,62,64-85H2,1-5H3/p+1/b10-8-,11-9-,16-14-,17-15-,22-20-,23-21-,28-26-,29-27-,34-32-,40-38-,43-42-,46-45-,51-49-,57-55-,63-61-. The lowest BCUT2D eigenvalue weighted by Gasteiger charge is -2.25. The fraction of sp³-hybridized carbons (Fsp3) is 0.633. The van der Waals surface area contributed by atoms with Crippen molar-refractivity contribution in [2.24, 2.45) is 0 Å². The van der Waals surface area contributed by atoms with Gasteiger partial charge in [0, 0.05) is 12.8 Å². The Bertz CT molecular complexity index is 2290. The van der Waals surface area contributed by atoms with Gasteiger partial charge in [-0.15, -0.1) is 0 Å². The summed E-state index contributed by atoms with van der Waals surface area (Å²) < 4.78 is 23.0. The number of unbranched alkanes of at least 4 members (excludes halogenated alkanes) is 27. The Morgan fingerprint density at radius 2 is 0.545 bits per heavy atom. The number of esters is 2. The number of ether oxygens (including phenoxy) is 4. The molecule has 2 unspecified atom stereocenters. The summed E-state index contributed by atoms with van der Waals surface area (Å²) in [7, 11) is 5.97. The van der Waals surface area contributed by atoms with E-state index in [0.29, 0.717) is 23.9 Å². The molecule has 0 bridgehead atoms. The lowest BCUT2D eigenvalue weighted by Crippen LogP contribution is -2.40. The smallest absolute Gasteiger partial charge is 0.361 e. The fourth-order valence-corrected chi connectivity index (χ4v) is 10.7. The molecule has 0 heterocycles. The average molecular weight is 1370 g/mol. The highest BCUT2D eigenvalue weighted by atomic mass is 16.7. The van der Waals surface area contributed by atoms with Crippen LogP contribution in [0.15, 0.2) is 182 Å². The van der Waals surface area contributed by atoms with Crippen LogP contribution in [0.5, 0.6) is 0 Å². The highest BCUT2D eigenvalue weighted by Crippen LogP contribution is 2.17. The molecule has 0 aromatic rings. The molecule has 0 spiro atoms. The molecule has 0 aliphatic heterocycles. The summed E-state index contributed by atoms with van der Waals surface area (Å²) in [5, 5.41) is 9.78. The molecule has 0 aliphatic carbocycles. The Hall–Kier alpha value is -5.61. The molecule has 2 atom stereocenters. The second-order valence-electron chi connectivity index (χ2n) is 27.3. The molecule has 9 nitrogen and oxygen atoms in total. The maximum Gasteiger partial charge on any atom is 0.361 e. The van der Waals surface area contributed by atoms with Crippen LogP contribution in [0.25, 0.3) is 0 Å². The normalized spacial score (nSPS) is 13.7. The number of hydrogen-bond donors (Lipinski definition) is 1. The van der Waals surface area contributed by atoms with Crippen LogP contribution in [-0.4, -0.2) is 87.4 Å². The summed E-state index contributed by atoms with van der Waals surface area (Å²) in [6.07, 6.45) is 116. The highest BCUT2D eigenvalue weighted by Gasteiger charge is 2.25. The molecule has 9 heteroatoms. The minimum Gasteiger partial charge on any atom is -0.477 e. The second kappa shape index (κ2) is 78.1. The van der Waals surface area contributed by atoms with Crippen LogP contribution in [0.1, 0.15) is 309 Å². The first-order valence-electron chi connectivity index (χ1n) is 39.9. The molecule has 0 fully saturated rings. The van der Waals surface area contributed by atoms with Crippen LogP contribution >= 0.6 is 0 Å². The van der Waals surface area contributed by atoms with E-state index in [1.807, 2.05) is 21.1 Å². The van der Waals surface area contributed by atoms with E-state index in [1.165, 1.54) is 135 Å². The van der Waals surface area contributed by atoms with E-state index < -0.39 is 24.3 Å². The Morgan fingerprint density at radius 3 is 0.808 bits per heavy atom. The second-order valence-corrected chi connectivity index (χ2v) is 27.3. The number of carbonyl (C=O) groups excluding carboxylic acids is 2. The Morgan fingerprint density at radius 1 is 0.303 bits per heavy atom. The third-order valence-electron chi connectivity index (χ3n) is 16.7. The van der Waals surface area contributed by atoms with Crippen molar-refractivity contribution in [2.45, 2.75) is 322 Å².